The van der Waals surface area contributed by atoms with E-state index in [4.69, 9.17) is 5.73 Å². The number of nitrogens with two attached hydrogens (primary N) is 1. The normalized spacial score (nSPS) is 18.7. The van der Waals surface area contributed by atoms with E-state index in [-0.39, 0.29) is 24.0 Å². The highest BCUT2D eigenvalue weighted by atomic mass is 127. The quantitative estimate of drug-likeness (QED) is 0.385. The van der Waals surface area contributed by atoms with Crippen molar-refractivity contribution in [2.45, 2.75) is 70.9 Å². The van der Waals surface area contributed by atoms with Crippen LogP contribution in [0.5, 0.6) is 0 Å². The van der Waals surface area contributed by atoms with E-state index in [1.54, 1.807) is 0 Å². The average molecular weight is 410 g/mol. The molecule has 0 heterocycles. The monoisotopic (exact) mass is 410 g/mol. The van der Waals surface area contributed by atoms with Crippen molar-refractivity contribution in [2.75, 3.05) is 20.6 Å². The number of guanidine groups is 1. The first-order chi connectivity index (χ1) is 9.58. The molecular formula is C16H35IN4. The van der Waals surface area contributed by atoms with E-state index in [1.807, 2.05) is 0 Å². The van der Waals surface area contributed by atoms with Crippen molar-refractivity contribution >= 4 is 29.9 Å². The molecule has 1 aliphatic rings. The first kappa shape index (κ1) is 21.0. The highest BCUT2D eigenvalue weighted by molar-refractivity contribution is 14.0. The maximum absolute atomic E-state index is 6.06. The molecule has 0 aliphatic heterocycles. The third-order valence-electron chi connectivity index (χ3n) is 4.66. The topological polar surface area (TPSA) is 53.6 Å². The van der Waals surface area contributed by atoms with Gasteiger partial charge in [-0.1, -0.05) is 46.0 Å². The summed E-state index contributed by atoms with van der Waals surface area (Å²) in [5.41, 5.74) is 6.06. The van der Waals surface area contributed by atoms with Crippen LogP contribution < -0.4 is 11.1 Å². The number of nitrogens with one attached hydrogen (secondary N) is 1. The van der Waals surface area contributed by atoms with Crippen LogP contribution in [0.3, 0.4) is 0 Å². The molecule has 0 aromatic carbocycles. The van der Waals surface area contributed by atoms with Gasteiger partial charge in [0.2, 0.25) is 0 Å². The largest absolute Gasteiger partial charge is 0.370 e. The van der Waals surface area contributed by atoms with Crippen molar-refractivity contribution in [3.63, 3.8) is 0 Å². The van der Waals surface area contributed by atoms with Crippen molar-refractivity contribution < 1.29 is 0 Å². The maximum atomic E-state index is 6.06. The smallest absolute Gasteiger partial charge is 0.188 e. The van der Waals surface area contributed by atoms with E-state index in [0.717, 1.165) is 6.54 Å². The Bertz CT molecular complexity index is 284. The molecule has 21 heavy (non-hydrogen) atoms. The fraction of sp³-hybridized carbons (Fsp3) is 0.938. The lowest BCUT2D eigenvalue weighted by atomic mass is 9.93. The molecule has 0 bridgehead atoms. The van der Waals surface area contributed by atoms with Gasteiger partial charge in [0.15, 0.2) is 5.96 Å². The predicted molar refractivity (Wildman–Crippen MR) is 103 cm³/mol. The summed E-state index contributed by atoms with van der Waals surface area (Å²) in [6.45, 7) is 5.32. The summed E-state index contributed by atoms with van der Waals surface area (Å²) < 4.78 is 0. The number of rotatable bonds is 7. The fourth-order valence-electron chi connectivity index (χ4n) is 3.26. The first-order valence-electron chi connectivity index (χ1n) is 8.31. The standard InChI is InChI=1S/C16H34N4.HI/c1-5-13(6-2)15(20(3)4)12-18-16(17)19-14-10-8-7-9-11-14;/h13-15H,5-12H2,1-4H3,(H3,17,18,19);1H. The van der Waals surface area contributed by atoms with Crippen LogP contribution in [0, 0.1) is 5.92 Å². The van der Waals surface area contributed by atoms with Crippen LogP contribution in [0.1, 0.15) is 58.8 Å². The number of aliphatic imine (C=N–C) groups is 1. The Kier molecular flexibility index (Phi) is 11.5. The molecule has 1 aliphatic carbocycles. The second kappa shape index (κ2) is 11.5. The number of likely N-dealkylation sites (N-methyl/N-ethyl adjacent to an activating group) is 1. The third-order valence-corrected chi connectivity index (χ3v) is 4.66. The van der Waals surface area contributed by atoms with Gasteiger partial charge in [0.1, 0.15) is 0 Å². The molecule has 0 spiro atoms. The Hall–Kier alpha value is -0.0400. The Balaban J connectivity index is 0.00000400. The van der Waals surface area contributed by atoms with E-state index in [2.05, 4.69) is 43.2 Å². The lowest BCUT2D eigenvalue weighted by Crippen LogP contribution is -2.43. The molecule has 0 radical (unpaired) electrons. The van der Waals surface area contributed by atoms with Gasteiger partial charge in [0, 0.05) is 12.1 Å². The van der Waals surface area contributed by atoms with Gasteiger partial charge in [0.25, 0.3) is 0 Å². The van der Waals surface area contributed by atoms with E-state index in [9.17, 15) is 0 Å². The molecule has 5 heteroatoms. The molecule has 0 amide bonds. The number of hydrogen-bond donors (Lipinski definition) is 2. The van der Waals surface area contributed by atoms with E-state index in [0.29, 0.717) is 24.0 Å². The molecule has 1 atom stereocenters. The van der Waals surface area contributed by atoms with E-state index >= 15 is 0 Å². The van der Waals surface area contributed by atoms with Gasteiger partial charge in [-0.15, -0.1) is 24.0 Å². The highest BCUT2D eigenvalue weighted by Gasteiger charge is 2.20. The van der Waals surface area contributed by atoms with E-state index < -0.39 is 0 Å². The zero-order valence-electron chi connectivity index (χ0n) is 14.3. The van der Waals surface area contributed by atoms with Crippen LogP contribution in [0.2, 0.25) is 0 Å². The third kappa shape index (κ3) is 7.68. The molecule has 1 fully saturated rings. The highest BCUT2D eigenvalue weighted by Crippen LogP contribution is 2.18. The number of halogens is 1. The molecule has 1 saturated carbocycles. The Morgan fingerprint density at radius 2 is 1.76 bits per heavy atom. The molecule has 1 rings (SSSR count). The molecule has 0 aromatic rings. The second-order valence-electron chi connectivity index (χ2n) is 6.31. The van der Waals surface area contributed by atoms with Gasteiger partial charge in [-0.2, -0.15) is 0 Å². The van der Waals surface area contributed by atoms with Crippen molar-refractivity contribution in [2.24, 2.45) is 16.6 Å². The number of hydrogen-bond acceptors (Lipinski definition) is 2. The summed E-state index contributed by atoms with van der Waals surface area (Å²) in [5, 5.41) is 3.40. The summed E-state index contributed by atoms with van der Waals surface area (Å²) in [5.74, 6) is 1.32. The molecule has 1 unspecified atom stereocenters. The van der Waals surface area contributed by atoms with Crippen molar-refractivity contribution in [1.29, 1.82) is 0 Å². The lowest BCUT2D eigenvalue weighted by molar-refractivity contribution is 0.206. The first-order valence-corrected chi connectivity index (χ1v) is 8.31. The van der Waals surface area contributed by atoms with Gasteiger partial charge < -0.3 is 16.0 Å². The average Bonchev–Trinajstić information content (AvgIpc) is 2.44. The van der Waals surface area contributed by atoms with Gasteiger partial charge in [0.05, 0.1) is 6.54 Å². The van der Waals surface area contributed by atoms with Crippen molar-refractivity contribution in [3.05, 3.63) is 0 Å². The zero-order chi connectivity index (χ0) is 15.0. The molecule has 0 saturated heterocycles. The Morgan fingerprint density at radius 1 is 1.19 bits per heavy atom. The van der Waals surface area contributed by atoms with Crippen molar-refractivity contribution in [3.8, 4) is 0 Å². The minimum Gasteiger partial charge on any atom is -0.370 e. The van der Waals surface area contributed by atoms with E-state index in [1.165, 1.54) is 44.9 Å². The van der Waals surface area contributed by atoms with Gasteiger partial charge in [-0.3, -0.25) is 4.99 Å². The number of nitrogens with zero attached hydrogens (tertiary/aromatic N) is 2. The Morgan fingerprint density at radius 3 is 2.24 bits per heavy atom. The summed E-state index contributed by atoms with van der Waals surface area (Å²) in [4.78, 5) is 6.89. The van der Waals surface area contributed by atoms with Crippen LogP contribution in [0.25, 0.3) is 0 Å². The molecule has 3 N–H and O–H groups in total. The maximum Gasteiger partial charge on any atom is 0.188 e. The summed E-state index contributed by atoms with van der Waals surface area (Å²) in [7, 11) is 4.28. The SMILES string of the molecule is CCC(CC)C(CN=C(N)NC1CCCCC1)N(C)C.I. The van der Waals surface area contributed by atoms with Crippen LogP contribution in [0.4, 0.5) is 0 Å². The summed E-state index contributed by atoms with van der Waals surface area (Å²) in [6.07, 6.45) is 8.88. The minimum atomic E-state index is 0. The summed E-state index contributed by atoms with van der Waals surface area (Å²) >= 11 is 0. The minimum absolute atomic E-state index is 0. The van der Waals surface area contributed by atoms with Crippen molar-refractivity contribution in [1.82, 2.24) is 10.2 Å². The van der Waals surface area contributed by atoms with Crippen LogP contribution in [-0.4, -0.2) is 43.6 Å². The Labute approximate surface area is 148 Å². The zero-order valence-corrected chi connectivity index (χ0v) is 16.6. The molecular weight excluding hydrogens is 375 g/mol. The van der Waals surface area contributed by atoms with Gasteiger partial charge >= 0.3 is 0 Å². The molecule has 0 aromatic heterocycles. The van der Waals surface area contributed by atoms with Crippen LogP contribution in [0.15, 0.2) is 4.99 Å². The molecule has 4 nitrogen and oxygen atoms in total. The summed E-state index contributed by atoms with van der Waals surface area (Å²) in [6, 6.07) is 1.02. The lowest BCUT2D eigenvalue weighted by Gasteiger charge is -2.30. The fourth-order valence-corrected chi connectivity index (χ4v) is 3.26. The predicted octanol–water partition coefficient (Wildman–Crippen LogP) is 3.21. The van der Waals surface area contributed by atoms with Gasteiger partial charge in [-0.25, -0.2) is 0 Å². The molecule has 126 valence electrons. The van der Waals surface area contributed by atoms with Crippen LogP contribution >= 0.6 is 24.0 Å². The second-order valence-corrected chi connectivity index (χ2v) is 6.31. The van der Waals surface area contributed by atoms with Crippen LogP contribution in [-0.2, 0) is 0 Å². The van der Waals surface area contributed by atoms with Gasteiger partial charge in [-0.05, 0) is 32.9 Å².